The molecule has 0 aromatic carbocycles. The standard InChI is InChI=1S/C4H6O4.C2H6O.H2O/c5-3(6)1-2-4(7)8;1-2-3;/h1-2H2,(H,5,6)(H,7,8);3H,2H2,1H3;1H2. The van der Waals surface area contributed by atoms with Gasteiger partial charge in [-0.15, -0.1) is 0 Å². The smallest absolute Gasteiger partial charge is 0.303 e. The molecule has 0 amide bonds. The van der Waals surface area contributed by atoms with Crippen molar-refractivity contribution in [2.24, 2.45) is 0 Å². The van der Waals surface area contributed by atoms with Crippen molar-refractivity contribution in [3.05, 3.63) is 0 Å². The van der Waals surface area contributed by atoms with E-state index in [1.165, 1.54) is 0 Å². The Balaban J connectivity index is -0.000000177. The minimum atomic E-state index is -1.08. The van der Waals surface area contributed by atoms with Gasteiger partial charge in [0.2, 0.25) is 0 Å². The monoisotopic (exact) mass is 182 g/mol. The zero-order valence-electron chi connectivity index (χ0n) is 6.78. The highest BCUT2D eigenvalue weighted by atomic mass is 16.4. The second-order valence-corrected chi connectivity index (χ2v) is 1.60. The second-order valence-electron chi connectivity index (χ2n) is 1.60. The van der Waals surface area contributed by atoms with Crippen LogP contribution < -0.4 is 0 Å². The fourth-order valence-corrected chi connectivity index (χ4v) is 0.214. The molecule has 0 aliphatic carbocycles. The van der Waals surface area contributed by atoms with Crippen molar-refractivity contribution in [1.29, 1.82) is 0 Å². The summed E-state index contributed by atoms with van der Waals surface area (Å²) >= 11 is 0. The molecule has 0 aromatic rings. The molecule has 0 unspecified atom stereocenters. The Morgan fingerprint density at radius 2 is 1.25 bits per heavy atom. The molecule has 0 saturated carbocycles. The molecule has 0 spiro atoms. The maximum absolute atomic E-state index is 9.64. The average Bonchev–Trinajstić information content (AvgIpc) is 1.85. The largest absolute Gasteiger partial charge is 0.481 e. The van der Waals surface area contributed by atoms with E-state index in [1.54, 1.807) is 6.92 Å². The Kier molecular flexibility index (Phi) is 17.8. The lowest BCUT2D eigenvalue weighted by Gasteiger charge is -1.85. The van der Waals surface area contributed by atoms with Gasteiger partial charge in [-0.25, -0.2) is 0 Å². The predicted molar refractivity (Wildman–Crippen MR) is 40.9 cm³/mol. The SMILES string of the molecule is CCO.O.O=C(O)CCC(=O)O. The molecular formula is C6H14O6. The first-order chi connectivity index (χ1) is 5.04. The van der Waals surface area contributed by atoms with E-state index >= 15 is 0 Å². The first-order valence-electron chi connectivity index (χ1n) is 3.09. The number of carboxylic acids is 2. The van der Waals surface area contributed by atoms with Gasteiger partial charge in [0, 0.05) is 6.61 Å². The van der Waals surface area contributed by atoms with Crippen LogP contribution in [0.3, 0.4) is 0 Å². The first-order valence-corrected chi connectivity index (χ1v) is 3.09. The molecule has 0 fully saturated rings. The number of carboxylic acid groups (broad SMARTS) is 2. The Hall–Kier alpha value is -1.14. The summed E-state index contributed by atoms with van der Waals surface area (Å²) in [6.07, 6.45) is -0.593. The van der Waals surface area contributed by atoms with Crippen LogP contribution in [0.4, 0.5) is 0 Å². The van der Waals surface area contributed by atoms with Crippen LogP contribution >= 0.6 is 0 Å². The number of hydrogen-bond acceptors (Lipinski definition) is 3. The molecule has 6 heteroatoms. The van der Waals surface area contributed by atoms with Crippen LogP contribution in [0.2, 0.25) is 0 Å². The van der Waals surface area contributed by atoms with E-state index in [2.05, 4.69) is 0 Å². The van der Waals surface area contributed by atoms with Gasteiger partial charge in [0.05, 0.1) is 12.8 Å². The molecule has 12 heavy (non-hydrogen) atoms. The van der Waals surface area contributed by atoms with Crippen molar-refractivity contribution in [3.8, 4) is 0 Å². The van der Waals surface area contributed by atoms with E-state index in [0.717, 1.165) is 0 Å². The van der Waals surface area contributed by atoms with E-state index < -0.39 is 11.9 Å². The molecule has 5 N–H and O–H groups in total. The quantitative estimate of drug-likeness (QED) is 0.521. The van der Waals surface area contributed by atoms with Crippen LogP contribution in [0.5, 0.6) is 0 Å². The third-order valence-corrected chi connectivity index (χ3v) is 0.553. The van der Waals surface area contributed by atoms with Crippen LogP contribution in [-0.4, -0.2) is 39.3 Å². The molecule has 0 heterocycles. The molecule has 0 rings (SSSR count). The summed E-state index contributed by atoms with van der Waals surface area (Å²) in [4.78, 5) is 19.3. The highest BCUT2D eigenvalue weighted by Gasteiger charge is 2.00. The Bertz CT molecular complexity index is 107. The van der Waals surface area contributed by atoms with E-state index in [0.29, 0.717) is 0 Å². The van der Waals surface area contributed by atoms with Gasteiger partial charge in [-0.05, 0) is 6.92 Å². The Morgan fingerprint density at radius 3 is 1.33 bits per heavy atom. The van der Waals surface area contributed by atoms with Crippen molar-refractivity contribution in [2.45, 2.75) is 19.8 Å². The number of aliphatic hydroxyl groups excluding tert-OH is 1. The van der Waals surface area contributed by atoms with Gasteiger partial charge in [0.25, 0.3) is 0 Å². The Morgan fingerprint density at radius 1 is 1.08 bits per heavy atom. The summed E-state index contributed by atoms with van der Waals surface area (Å²) in [5, 5.41) is 23.4. The zero-order chi connectivity index (χ0) is 9.28. The van der Waals surface area contributed by atoms with Gasteiger partial charge in [-0.1, -0.05) is 0 Å². The molecule has 6 nitrogen and oxygen atoms in total. The highest BCUT2D eigenvalue weighted by Crippen LogP contribution is 1.85. The molecular weight excluding hydrogens is 168 g/mol. The van der Waals surface area contributed by atoms with Crippen LogP contribution in [0.15, 0.2) is 0 Å². The topological polar surface area (TPSA) is 126 Å². The van der Waals surface area contributed by atoms with Crippen LogP contribution in [0.25, 0.3) is 0 Å². The number of carbonyl (C=O) groups is 2. The Labute approximate surface area is 69.8 Å². The van der Waals surface area contributed by atoms with Crippen molar-refractivity contribution in [2.75, 3.05) is 6.61 Å². The predicted octanol–water partition coefficient (Wildman–Crippen LogP) is -0.890. The van der Waals surface area contributed by atoms with Gasteiger partial charge < -0.3 is 20.8 Å². The molecule has 0 bridgehead atoms. The highest BCUT2D eigenvalue weighted by molar-refractivity contribution is 5.75. The van der Waals surface area contributed by atoms with Gasteiger partial charge in [0.1, 0.15) is 0 Å². The molecule has 74 valence electrons. The van der Waals surface area contributed by atoms with Gasteiger partial charge in [-0.2, -0.15) is 0 Å². The summed E-state index contributed by atoms with van der Waals surface area (Å²) < 4.78 is 0. The molecule has 0 radical (unpaired) electrons. The van der Waals surface area contributed by atoms with Crippen molar-refractivity contribution in [1.82, 2.24) is 0 Å². The summed E-state index contributed by atoms with van der Waals surface area (Å²) in [6.45, 7) is 1.93. The minimum absolute atomic E-state index is 0. The zero-order valence-corrected chi connectivity index (χ0v) is 6.78. The maximum atomic E-state index is 9.64. The van der Waals surface area contributed by atoms with Crippen LogP contribution in [0.1, 0.15) is 19.8 Å². The third-order valence-electron chi connectivity index (χ3n) is 0.553. The lowest BCUT2D eigenvalue weighted by Crippen LogP contribution is -2.00. The number of rotatable bonds is 3. The number of hydrogen-bond donors (Lipinski definition) is 3. The van der Waals surface area contributed by atoms with E-state index in [1.807, 2.05) is 0 Å². The second kappa shape index (κ2) is 12.5. The summed E-state index contributed by atoms with van der Waals surface area (Å²) in [5.41, 5.74) is 0. The molecule has 0 atom stereocenters. The molecule has 0 aliphatic rings. The fraction of sp³-hybridized carbons (Fsp3) is 0.667. The summed E-state index contributed by atoms with van der Waals surface area (Å²) in [5.74, 6) is -2.15. The van der Waals surface area contributed by atoms with E-state index in [4.69, 9.17) is 15.3 Å². The first kappa shape index (κ1) is 17.1. The minimum Gasteiger partial charge on any atom is -0.481 e. The van der Waals surface area contributed by atoms with Crippen molar-refractivity contribution < 1.29 is 30.4 Å². The summed E-state index contributed by atoms with van der Waals surface area (Å²) in [6, 6.07) is 0. The number of aliphatic hydroxyl groups is 1. The van der Waals surface area contributed by atoms with Gasteiger partial charge in [-0.3, -0.25) is 9.59 Å². The molecule has 0 saturated heterocycles. The van der Waals surface area contributed by atoms with Gasteiger partial charge in [0.15, 0.2) is 0 Å². The average molecular weight is 182 g/mol. The summed E-state index contributed by atoms with van der Waals surface area (Å²) in [7, 11) is 0. The third kappa shape index (κ3) is 36.7. The maximum Gasteiger partial charge on any atom is 0.303 e. The van der Waals surface area contributed by atoms with E-state index in [-0.39, 0.29) is 24.9 Å². The van der Waals surface area contributed by atoms with Crippen LogP contribution in [0, 0.1) is 0 Å². The lowest BCUT2D eigenvalue weighted by molar-refractivity contribution is -0.143. The van der Waals surface area contributed by atoms with Gasteiger partial charge >= 0.3 is 11.9 Å². The van der Waals surface area contributed by atoms with Crippen molar-refractivity contribution >= 4 is 11.9 Å². The lowest BCUT2D eigenvalue weighted by atomic mass is 10.3. The van der Waals surface area contributed by atoms with Crippen molar-refractivity contribution in [3.63, 3.8) is 0 Å². The fourth-order valence-electron chi connectivity index (χ4n) is 0.214. The molecule has 0 aromatic heterocycles. The normalized spacial score (nSPS) is 7.17. The van der Waals surface area contributed by atoms with Crippen LogP contribution in [-0.2, 0) is 9.59 Å². The molecule has 0 aliphatic heterocycles. The van der Waals surface area contributed by atoms with E-state index in [9.17, 15) is 9.59 Å². The number of aliphatic carboxylic acids is 2.